The Morgan fingerprint density at radius 2 is 1.54 bits per heavy atom. The minimum absolute atomic E-state index is 0. The molecule has 0 saturated carbocycles. The van der Waals surface area contributed by atoms with Crippen molar-refractivity contribution in [1.29, 1.82) is 0 Å². The Morgan fingerprint density at radius 1 is 0.885 bits per heavy atom. The Bertz CT molecular complexity index is 639. The summed E-state index contributed by atoms with van der Waals surface area (Å²) in [4.78, 5) is 6.86. The van der Waals surface area contributed by atoms with Crippen LogP contribution in [0.1, 0.15) is 23.6 Å². The quantitative estimate of drug-likeness (QED) is 0.355. The van der Waals surface area contributed by atoms with Crippen molar-refractivity contribution >= 4 is 29.9 Å². The van der Waals surface area contributed by atoms with Gasteiger partial charge in [-0.25, -0.2) is 4.99 Å². The molecule has 0 heterocycles. The van der Waals surface area contributed by atoms with E-state index in [1.54, 1.807) is 0 Å². The molecular formula is C21H31IN4. The summed E-state index contributed by atoms with van der Waals surface area (Å²) in [6.45, 7) is 5.47. The van der Waals surface area contributed by atoms with E-state index in [0.29, 0.717) is 6.54 Å². The van der Waals surface area contributed by atoms with Crippen molar-refractivity contribution in [2.45, 2.75) is 26.4 Å². The fourth-order valence-corrected chi connectivity index (χ4v) is 2.60. The van der Waals surface area contributed by atoms with Crippen molar-refractivity contribution in [3.05, 3.63) is 71.3 Å². The maximum Gasteiger partial charge on any atom is 0.191 e. The van der Waals surface area contributed by atoms with Crippen molar-refractivity contribution < 1.29 is 0 Å². The standard InChI is InChI=1S/C21H30N4.HI/c1-4-22-21(23-15-14-18-8-6-5-7-9-18)24-16-19-10-12-20(13-11-19)17-25(2)3;/h5-13H,4,14-17H2,1-3H3,(H2,22,23,24);1H. The summed E-state index contributed by atoms with van der Waals surface area (Å²) in [5.41, 5.74) is 3.88. The number of halogens is 1. The van der Waals surface area contributed by atoms with Gasteiger partial charge in [-0.2, -0.15) is 0 Å². The lowest BCUT2D eigenvalue weighted by Gasteiger charge is -2.12. The van der Waals surface area contributed by atoms with Crippen LogP contribution in [0.5, 0.6) is 0 Å². The highest BCUT2D eigenvalue weighted by molar-refractivity contribution is 14.0. The summed E-state index contributed by atoms with van der Waals surface area (Å²) in [5.74, 6) is 0.871. The van der Waals surface area contributed by atoms with Gasteiger partial charge in [0.15, 0.2) is 5.96 Å². The van der Waals surface area contributed by atoms with E-state index in [1.807, 2.05) is 6.07 Å². The number of hydrogen-bond donors (Lipinski definition) is 2. The van der Waals surface area contributed by atoms with E-state index in [0.717, 1.165) is 32.0 Å². The van der Waals surface area contributed by atoms with E-state index >= 15 is 0 Å². The first-order valence-electron chi connectivity index (χ1n) is 8.96. The van der Waals surface area contributed by atoms with Gasteiger partial charge in [-0.3, -0.25) is 0 Å². The summed E-state index contributed by atoms with van der Waals surface area (Å²) in [7, 11) is 4.17. The first-order valence-corrected chi connectivity index (χ1v) is 8.96. The lowest BCUT2D eigenvalue weighted by atomic mass is 10.1. The third kappa shape index (κ3) is 8.67. The SMILES string of the molecule is CCNC(=NCc1ccc(CN(C)C)cc1)NCCc1ccccc1.I. The van der Waals surface area contributed by atoms with Gasteiger partial charge in [-0.1, -0.05) is 54.6 Å². The summed E-state index contributed by atoms with van der Waals surface area (Å²) < 4.78 is 0. The Balaban J connectivity index is 0.00000338. The second-order valence-electron chi connectivity index (χ2n) is 6.41. The molecule has 0 aliphatic heterocycles. The molecule has 2 aromatic rings. The van der Waals surface area contributed by atoms with Crippen molar-refractivity contribution in [3.63, 3.8) is 0 Å². The van der Waals surface area contributed by atoms with Gasteiger partial charge in [0.25, 0.3) is 0 Å². The molecule has 2 aromatic carbocycles. The number of guanidine groups is 1. The highest BCUT2D eigenvalue weighted by atomic mass is 127. The van der Waals surface area contributed by atoms with Gasteiger partial charge in [0.2, 0.25) is 0 Å². The smallest absolute Gasteiger partial charge is 0.191 e. The van der Waals surface area contributed by atoms with Crippen LogP contribution in [0.4, 0.5) is 0 Å². The second-order valence-corrected chi connectivity index (χ2v) is 6.41. The Kier molecular flexibility index (Phi) is 11.0. The second kappa shape index (κ2) is 12.7. The third-order valence-electron chi connectivity index (χ3n) is 3.83. The molecule has 26 heavy (non-hydrogen) atoms. The van der Waals surface area contributed by atoms with Crippen LogP contribution in [-0.2, 0) is 19.5 Å². The lowest BCUT2D eigenvalue weighted by Crippen LogP contribution is -2.38. The van der Waals surface area contributed by atoms with Gasteiger partial charge in [-0.15, -0.1) is 24.0 Å². The number of hydrogen-bond acceptors (Lipinski definition) is 2. The first-order chi connectivity index (χ1) is 12.2. The van der Waals surface area contributed by atoms with Crippen LogP contribution in [0.15, 0.2) is 59.6 Å². The van der Waals surface area contributed by atoms with Gasteiger partial charge >= 0.3 is 0 Å². The fourth-order valence-electron chi connectivity index (χ4n) is 2.60. The highest BCUT2D eigenvalue weighted by Crippen LogP contribution is 2.07. The molecule has 2 N–H and O–H groups in total. The van der Waals surface area contributed by atoms with Crippen molar-refractivity contribution in [1.82, 2.24) is 15.5 Å². The zero-order chi connectivity index (χ0) is 17.9. The molecule has 5 heteroatoms. The molecule has 0 spiro atoms. The molecule has 0 bridgehead atoms. The van der Waals surface area contributed by atoms with Gasteiger partial charge in [-0.05, 0) is 44.1 Å². The van der Waals surface area contributed by atoms with Crippen LogP contribution in [-0.4, -0.2) is 38.0 Å². The zero-order valence-corrected chi connectivity index (χ0v) is 18.4. The topological polar surface area (TPSA) is 39.7 Å². The Hall–Kier alpha value is -1.60. The third-order valence-corrected chi connectivity index (χ3v) is 3.83. The molecule has 4 nitrogen and oxygen atoms in total. The van der Waals surface area contributed by atoms with Crippen molar-refractivity contribution in [2.24, 2.45) is 4.99 Å². The van der Waals surface area contributed by atoms with Crippen LogP contribution >= 0.6 is 24.0 Å². The summed E-state index contributed by atoms with van der Waals surface area (Å²) in [6.07, 6.45) is 0.991. The average Bonchev–Trinajstić information content (AvgIpc) is 2.61. The van der Waals surface area contributed by atoms with E-state index in [1.165, 1.54) is 16.7 Å². The van der Waals surface area contributed by atoms with E-state index in [4.69, 9.17) is 0 Å². The van der Waals surface area contributed by atoms with E-state index in [-0.39, 0.29) is 24.0 Å². The number of nitrogens with one attached hydrogen (secondary N) is 2. The van der Waals surface area contributed by atoms with Gasteiger partial charge < -0.3 is 15.5 Å². The predicted molar refractivity (Wildman–Crippen MR) is 122 cm³/mol. The normalized spacial score (nSPS) is 11.2. The molecule has 0 unspecified atom stereocenters. The van der Waals surface area contributed by atoms with Crippen LogP contribution in [0.25, 0.3) is 0 Å². The van der Waals surface area contributed by atoms with Crippen LogP contribution < -0.4 is 10.6 Å². The van der Waals surface area contributed by atoms with Crippen LogP contribution in [0.3, 0.4) is 0 Å². The molecule has 2 rings (SSSR count). The van der Waals surface area contributed by atoms with Crippen LogP contribution in [0.2, 0.25) is 0 Å². The number of nitrogens with zero attached hydrogens (tertiary/aromatic N) is 2. The first kappa shape index (κ1) is 22.4. The fraction of sp³-hybridized carbons (Fsp3) is 0.381. The largest absolute Gasteiger partial charge is 0.357 e. The monoisotopic (exact) mass is 466 g/mol. The summed E-state index contributed by atoms with van der Waals surface area (Å²) in [5, 5.41) is 6.72. The molecule has 0 aromatic heterocycles. The van der Waals surface area contributed by atoms with Crippen molar-refractivity contribution in [2.75, 3.05) is 27.2 Å². The van der Waals surface area contributed by atoms with E-state index < -0.39 is 0 Å². The minimum atomic E-state index is 0. The number of benzene rings is 2. The molecule has 0 aliphatic carbocycles. The molecular weight excluding hydrogens is 435 g/mol. The predicted octanol–water partition coefficient (Wildman–Crippen LogP) is 3.66. The maximum absolute atomic E-state index is 4.69. The van der Waals surface area contributed by atoms with Gasteiger partial charge in [0.05, 0.1) is 6.54 Å². The molecule has 0 amide bonds. The lowest BCUT2D eigenvalue weighted by molar-refractivity contribution is 0.402. The number of rotatable bonds is 8. The Morgan fingerprint density at radius 3 is 2.15 bits per heavy atom. The molecule has 0 aliphatic rings. The summed E-state index contributed by atoms with van der Waals surface area (Å²) >= 11 is 0. The molecule has 142 valence electrons. The summed E-state index contributed by atoms with van der Waals surface area (Å²) in [6, 6.07) is 19.2. The van der Waals surface area contributed by atoms with E-state index in [2.05, 4.69) is 90.1 Å². The Labute approximate surface area is 175 Å². The van der Waals surface area contributed by atoms with Crippen LogP contribution in [0, 0.1) is 0 Å². The van der Waals surface area contributed by atoms with E-state index in [9.17, 15) is 0 Å². The minimum Gasteiger partial charge on any atom is -0.357 e. The maximum atomic E-state index is 4.69. The zero-order valence-electron chi connectivity index (χ0n) is 16.0. The van der Waals surface area contributed by atoms with Gasteiger partial charge in [0, 0.05) is 19.6 Å². The molecule has 0 fully saturated rings. The van der Waals surface area contributed by atoms with Crippen molar-refractivity contribution in [3.8, 4) is 0 Å². The highest BCUT2D eigenvalue weighted by Gasteiger charge is 1.99. The van der Waals surface area contributed by atoms with Gasteiger partial charge in [0.1, 0.15) is 0 Å². The molecule has 0 radical (unpaired) electrons. The number of aliphatic imine (C=N–C) groups is 1. The molecule has 0 atom stereocenters. The molecule has 0 saturated heterocycles. The average molecular weight is 466 g/mol.